The fourth-order valence-corrected chi connectivity index (χ4v) is 2.19. The first-order valence-corrected chi connectivity index (χ1v) is 6.23. The molecule has 1 aliphatic heterocycles. The maximum absolute atomic E-state index is 12.4. The summed E-state index contributed by atoms with van der Waals surface area (Å²) in [5.74, 6) is 1.11. The lowest BCUT2D eigenvalue weighted by Gasteiger charge is -2.28. The third-order valence-electron chi connectivity index (χ3n) is 3.40. The third-order valence-corrected chi connectivity index (χ3v) is 3.40. The summed E-state index contributed by atoms with van der Waals surface area (Å²) in [6.45, 7) is 5.70. The molecular weight excluding hydrogens is 244 g/mol. The number of hydrogen-bond acceptors (Lipinski definition) is 4. The molecular formula is C15H18O4. The number of carbonyl (C=O) groups excluding carboxylic acids is 1. The van der Waals surface area contributed by atoms with Crippen molar-refractivity contribution in [3.63, 3.8) is 0 Å². The average Bonchev–Trinajstić information content (AvgIpc) is 2.83. The van der Waals surface area contributed by atoms with Gasteiger partial charge in [0.05, 0.1) is 12.0 Å². The zero-order valence-corrected chi connectivity index (χ0v) is 11.0. The zero-order valence-electron chi connectivity index (χ0n) is 11.0. The highest BCUT2D eigenvalue weighted by atomic mass is 16.7. The highest BCUT2D eigenvalue weighted by molar-refractivity contribution is 5.99. The van der Waals surface area contributed by atoms with Crippen LogP contribution in [0.15, 0.2) is 48.0 Å². The summed E-state index contributed by atoms with van der Waals surface area (Å²) in [5.41, 5.74) is 0.165. The van der Waals surface area contributed by atoms with E-state index in [1.54, 1.807) is 6.08 Å². The third kappa shape index (κ3) is 2.63. The van der Waals surface area contributed by atoms with Crippen LogP contribution < -0.4 is 0 Å². The number of ether oxygens (including phenoxy) is 2. The Kier molecular flexibility index (Phi) is 3.90. The van der Waals surface area contributed by atoms with E-state index in [-0.39, 0.29) is 19.2 Å². The highest BCUT2D eigenvalue weighted by Crippen LogP contribution is 2.40. The maximum Gasteiger partial charge on any atom is 0.231 e. The van der Waals surface area contributed by atoms with Crippen molar-refractivity contribution in [2.45, 2.75) is 19.8 Å². The molecule has 4 heteroatoms. The number of fused-ring (bicyclic) bond motifs is 1. The number of rotatable bonds is 5. The fourth-order valence-electron chi connectivity index (χ4n) is 2.19. The van der Waals surface area contributed by atoms with Gasteiger partial charge in [0.15, 0.2) is 17.3 Å². The van der Waals surface area contributed by atoms with Crippen LogP contribution in [0, 0.1) is 5.41 Å². The highest BCUT2D eigenvalue weighted by Gasteiger charge is 2.39. The Labute approximate surface area is 112 Å². The summed E-state index contributed by atoms with van der Waals surface area (Å²) in [5, 5.41) is 9.05. The van der Waals surface area contributed by atoms with Crippen LogP contribution >= 0.6 is 0 Å². The second kappa shape index (κ2) is 5.45. The summed E-state index contributed by atoms with van der Waals surface area (Å²) in [6.07, 6.45) is 7.96. The van der Waals surface area contributed by atoms with E-state index in [0.29, 0.717) is 24.4 Å². The Morgan fingerprint density at radius 2 is 2.21 bits per heavy atom. The molecule has 1 fully saturated rings. The van der Waals surface area contributed by atoms with Crippen molar-refractivity contribution in [3.8, 4) is 0 Å². The van der Waals surface area contributed by atoms with Crippen LogP contribution in [-0.2, 0) is 14.3 Å². The van der Waals surface area contributed by atoms with Crippen LogP contribution in [0.3, 0.4) is 0 Å². The van der Waals surface area contributed by atoms with Crippen LogP contribution in [0.2, 0.25) is 0 Å². The smallest absolute Gasteiger partial charge is 0.231 e. The molecule has 0 spiro atoms. The number of allylic oxidation sites excluding steroid dienone is 4. The first kappa shape index (κ1) is 13.6. The van der Waals surface area contributed by atoms with E-state index in [1.807, 2.05) is 19.1 Å². The SMILES string of the molecule is C=CC[C@@]1(C/C=C(/C)CO)C=C2OCOC2=CC1=O. The second-order valence-corrected chi connectivity index (χ2v) is 4.85. The van der Waals surface area contributed by atoms with Crippen LogP contribution in [0.25, 0.3) is 0 Å². The number of aliphatic hydroxyl groups excluding tert-OH is 1. The quantitative estimate of drug-likeness (QED) is 0.772. The molecule has 2 rings (SSSR count). The normalized spacial score (nSPS) is 26.0. The lowest BCUT2D eigenvalue weighted by molar-refractivity contribution is -0.121. The molecule has 0 bridgehead atoms. The van der Waals surface area contributed by atoms with E-state index in [0.717, 1.165) is 5.57 Å². The minimum absolute atomic E-state index is 0.00433. The van der Waals surface area contributed by atoms with Gasteiger partial charge in [-0.15, -0.1) is 6.58 Å². The molecule has 0 aromatic rings. The molecule has 0 radical (unpaired) electrons. The number of hydrogen-bond donors (Lipinski definition) is 1. The summed E-state index contributed by atoms with van der Waals surface area (Å²) < 4.78 is 10.6. The summed E-state index contributed by atoms with van der Waals surface area (Å²) in [6, 6.07) is 0. The standard InChI is InChI=1S/C15H18O4/c1-3-5-15(6-4-11(2)9-16)8-13-12(7-14(15)17)18-10-19-13/h3-4,7-8,16H,1,5-6,9-10H2,2H3/b11-4-/t15-/m1/s1. The largest absolute Gasteiger partial charge is 0.454 e. The molecule has 0 saturated carbocycles. The van der Waals surface area contributed by atoms with Gasteiger partial charge >= 0.3 is 0 Å². The van der Waals surface area contributed by atoms with Crippen LogP contribution in [0.1, 0.15) is 19.8 Å². The molecule has 2 aliphatic rings. The Hall–Kier alpha value is -1.81. The second-order valence-electron chi connectivity index (χ2n) is 4.85. The van der Waals surface area contributed by atoms with Crippen molar-refractivity contribution in [3.05, 3.63) is 48.0 Å². The number of ketones is 1. The Bertz CT molecular complexity index is 484. The van der Waals surface area contributed by atoms with Gasteiger partial charge in [0.25, 0.3) is 0 Å². The molecule has 0 unspecified atom stereocenters. The van der Waals surface area contributed by atoms with Crippen LogP contribution in [0.4, 0.5) is 0 Å². The monoisotopic (exact) mass is 262 g/mol. The van der Waals surface area contributed by atoms with Gasteiger partial charge in [-0.05, 0) is 25.8 Å². The lowest BCUT2D eigenvalue weighted by Crippen LogP contribution is -2.30. The molecule has 1 saturated heterocycles. The lowest BCUT2D eigenvalue weighted by atomic mass is 9.74. The predicted molar refractivity (Wildman–Crippen MR) is 70.9 cm³/mol. The maximum atomic E-state index is 12.4. The Morgan fingerprint density at radius 3 is 2.89 bits per heavy atom. The first-order chi connectivity index (χ1) is 9.11. The van der Waals surface area contributed by atoms with Gasteiger partial charge in [0.2, 0.25) is 6.79 Å². The van der Waals surface area contributed by atoms with E-state index < -0.39 is 5.41 Å². The molecule has 1 atom stereocenters. The van der Waals surface area contributed by atoms with Crippen molar-refractivity contribution in [1.29, 1.82) is 0 Å². The van der Waals surface area contributed by atoms with Crippen LogP contribution in [0.5, 0.6) is 0 Å². The van der Waals surface area contributed by atoms with Crippen LogP contribution in [-0.4, -0.2) is 24.3 Å². The number of aliphatic hydroxyl groups is 1. The van der Waals surface area contributed by atoms with Gasteiger partial charge in [-0.1, -0.05) is 17.7 Å². The summed E-state index contributed by atoms with van der Waals surface area (Å²) in [7, 11) is 0. The molecule has 0 amide bonds. The summed E-state index contributed by atoms with van der Waals surface area (Å²) >= 11 is 0. The minimum atomic E-state index is -0.676. The molecule has 1 heterocycles. The summed E-state index contributed by atoms with van der Waals surface area (Å²) in [4.78, 5) is 12.4. The number of carbonyl (C=O) groups is 1. The van der Waals surface area contributed by atoms with E-state index in [9.17, 15) is 4.79 Å². The predicted octanol–water partition coefficient (Wildman–Crippen LogP) is 2.23. The van der Waals surface area contributed by atoms with Crippen molar-refractivity contribution >= 4 is 5.78 Å². The molecule has 19 heavy (non-hydrogen) atoms. The van der Waals surface area contributed by atoms with Gasteiger partial charge in [-0.3, -0.25) is 4.79 Å². The first-order valence-electron chi connectivity index (χ1n) is 6.23. The van der Waals surface area contributed by atoms with Crippen molar-refractivity contribution in [2.75, 3.05) is 13.4 Å². The Balaban J connectivity index is 2.32. The van der Waals surface area contributed by atoms with Gasteiger partial charge < -0.3 is 14.6 Å². The van der Waals surface area contributed by atoms with Crippen molar-refractivity contribution in [1.82, 2.24) is 0 Å². The van der Waals surface area contributed by atoms with E-state index >= 15 is 0 Å². The average molecular weight is 262 g/mol. The molecule has 0 aromatic heterocycles. The van der Waals surface area contributed by atoms with Gasteiger partial charge in [0, 0.05) is 6.08 Å². The van der Waals surface area contributed by atoms with E-state index in [4.69, 9.17) is 14.6 Å². The molecule has 102 valence electrons. The van der Waals surface area contributed by atoms with Gasteiger partial charge in [-0.2, -0.15) is 0 Å². The molecule has 1 N–H and O–H groups in total. The Morgan fingerprint density at radius 1 is 1.47 bits per heavy atom. The van der Waals surface area contributed by atoms with Gasteiger partial charge in [-0.25, -0.2) is 0 Å². The topological polar surface area (TPSA) is 55.8 Å². The van der Waals surface area contributed by atoms with E-state index in [1.165, 1.54) is 6.08 Å². The molecule has 4 nitrogen and oxygen atoms in total. The molecule has 0 aromatic carbocycles. The van der Waals surface area contributed by atoms with E-state index in [2.05, 4.69) is 6.58 Å². The van der Waals surface area contributed by atoms with Crippen molar-refractivity contribution in [2.24, 2.45) is 5.41 Å². The van der Waals surface area contributed by atoms with Crippen molar-refractivity contribution < 1.29 is 19.4 Å². The minimum Gasteiger partial charge on any atom is -0.454 e. The van der Waals surface area contributed by atoms with Gasteiger partial charge in [0.1, 0.15) is 0 Å². The zero-order chi connectivity index (χ0) is 13.9. The molecule has 1 aliphatic carbocycles. The fraction of sp³-hybridized carbons (Fsp3) is 0.400.